The largest absolute Gasteiger partial charge is 0.490 e. The molecule has 0 aromatic heterocycles. The van der Waals surface area contributed by atoms with Gasteiger partial charge in [0.05, 0.1) is 10.3 Å². The summed E-state index contributed by atoms with van der Waals surface area (Å²) in [6, 6.07) is 13.0. The second-order valence-electron chi connectivity index (χ2n) is 9.29. The molecule has 2 aliphatic rings. The van der Waals surface area contributed by atoms with Crippen molar-refractivity contribution in [1.82, 2.24) is 5.32 Å². The number of nitrogens with one attached hydrogen (secondary N) is 2. The fraction of sp³-hybridized carbons (Fsp3) is 0.440. The molecule has 0 heterocycles. The van der Waals surface area contributed by atoms with Crippen molar-refractivity contribution in [2.75, 3.05) is 4.72 Å². The number of amides is 1. The summed E-state index contributed by atoms with van der Waals surface area (Å²) in [7, 11) is -3.66. The summed E-state index contributed by atoms with van der Waals surface area (Å²) in [5.74, 6) is -2.64. The van der Waals surface area contributed by atoms with Crippen molar-refractivity contribution in [2.24, 2.45) is 0 Å². The van der Waals surface area contributed by atoms with Gasteiger partial charge in [0.25, 0.3) is 10.0 Å². The van der Waals surface area contributed by atoms with Crippen molar-refractivity contribution in [2.45, 2.75) is 74.9 Å². The molecule has 4 rings (SSSR count). The molecule has 0 atom stereocenters. The van der Waals surface area contributed by atoms with Crippen LogP contribution in [-0.4, -0.2) is 37.6 Å². The van der Waals surface area contributed by atoms with E-state index in [1.165, 1.54) is 12.8 Å². The number of aryl methyl sites for hydroxylation is 2. The van der Waals surface area contributed by atoms with Crippen molar-refractivity contribution in [1.29, 1.82) is 0 Å². The number of hydrogen-bond acceptors (Lipinski definition) is 4. The van der Waals surface area contributed by atoms with Crippen molar-refractivity contribution in [3.8, 4) is 0 Å². The zero-order chi connectivity index (χ0) is 26.7. The Morgan fingerprint density at radius 3 is 2.06 bits per heavy atom. The summed E-state index contributed by atoms with van der Waals surface area (Å²) in [4.78, 5) is 22.0. The molecular formula is C25H29F3N2O5S. The number of hydrogen-bond donors (Lipinski definition) is 3. The fourth-order valence-corrected chi connectivity index (χ4v) is 5.62. The number of aliphatic carboxylic acids is 1. The third-order valence-electron chi connectivity index (χ3n) is 6.44. The van der Waals surface area contributed by atoms with Crippen LogP contribution in [0.1, 0.15) is 55.2 Å². The van der Waals surface area contributed by atoms with E-state index < -0.39 is 27.6 Å². The Morgan fingerprint density at radius 2 is 1.56 bits per heavy atom. The summed E-state index contributed by atoms with van der Waals surface area (Å²) in [6.45, 7) is 3.66. The van der Waals surface area contributed by atoms with Gasteiger partial charge in [-0.25, -0.2) is 13.2 Å². The minimum absolute atomic E-state index is 0.119. The molecule has 0 bridgehead atoms. The minimum atomic E-state index is -5.08. The van der Waals surface area contributed by atoms with Gasteiger partial charge in [0, 0.05) is 11.7 Å². The first-order valence-corrected chi connectivity index (χ1v) is 13.0. The molecule has 2 aliphatic carbocycles. The predicted molar refractivity (Wildman–Crippen MR) is 128 cm³/mol. The molecule has 11 heteroatoms. The average molecular weight is 527 g/mol. The summed E-state index contributed by atoms with van der Waals surface area (Å²) in [5.41, 5.74) is 2.63. The van der Waals surface area contributed by atoms with E-state index in [1.807, 2.05) is 31.2 Å². The fourth-order valence-electron chi connectivity index (χ4n) is 4.23. The van der Waals surface area contributed by atoms with Gasteiger partial charge in [0.1, 0.15) is 0 Å². The van der Waals surface area contributed by atoms with E-state index in [2.05, 4.69) is 10.0 Å². The molecule has 0 aliphatic heterocycles. The number of halogens is 3. The van der Waals surface area contributed by atoms with Gasteiger partial charge in [0.15, 0.2) is 0 Å². The lowest BCUT2D eigenvalue weighted by molar-refractivity contribution is -0.192. The van der Waals surface area contributed by atoms with Gasteiger partial charge >= 0.3 is 12.1 Å². The quantitative estimate of drug-likeness (QED) is 0.499. The summed E-state index contributed by atoms with van der Waals surface area (Å²) >= 11 is 0. The highest BCUT2D eigenvalue weighted by molar-refractivity contribution is 7.92. The van der Waals surface area contributed by atoms with Gasteiger partial charge in [-0.2, -0.15) is 13.2 Å². The van der Waals surface area contributed by atoms with E-state index >= 15 is 0 Å². The number of carboxylic acids is 1. The lowest BCUT2D eigenvalue weighted by atomic mass is 9.94. The van der Waals surface area contributed by atoms with E-state index in [0.717, 1.165) is 36.8 Å². The van der Waals surface area contributed by atoms with Crippen LogP contribution >= 0.6 is 0 Å². The van der Waals surface area contributed by atoms with Gasteiger partial charge in [-0.3, -0.25) is 9.52 Å². The van der Waals surface area contributed by atoms with E-state index in [-0.39, 0.29) is 10.8 Å². The van der Waals surface area contributed by atoms with Crippen molar-refractivity contribution < 1.29 is 36.3 Å². The number of carboxylic acid groups (broad SMARTS) is 1. The van der Waals surface area contributed by atoms with Crippen molar-refractivity contribution >= 4 is 27.6 Å². The molecule has 36 heavy (non-hydrogen) atoms. The molecule has 0 radical (unpaired) electrons. The van der Waals surface area contributed by atoms with Gasteiger partial charge in [-0.15, -0.1) is 0 Å². The van der Waals surface area contributed by atoms with Gasteiger partial charge < -0.3 is 10.4 Å². The Hall–Kier alpha value is -3.08. The molecule has 2 aromatic carbocycles. The lowest BCUT2D eigenvalue weighted by Crippen LogP contribution is -2.40. The number of rotatable bonds is 6. The van der Waals surface area contributed by atoms with Crippen LogP contribution in [0.5, 0.6) is 0 Å². The highest BCUT2D eigenvalue weighted by atomic mass is 32.2. The van der Waals surface area contributed by atoms with E-state index in [1.54, 1.807) is 25.1 Å². The second-order valence-corrected chi connectivity index (χ2v) is 10.9. The Morgan fingerprint density at radius 1 is 1.00 bits per heavy atom. The molecule has 0 spiro atoms. The number of sulfonamides is 1. The topological polar surface area (TPSA) is 113 Å². The number of anilines is 1. The first-order valence-electron chi connectivity index (χ1n) is 11.6. The Balaban J connectivity index is 0.000000454. The van der Waals surface area contributed by atoms with E-state index in [0.29, 0.717) is 17.3 Å². The minimum Gasteiger partial charge on any atom is -0.475 e. The van der Waals surface area contributed by atoms with Crippen LogP contribution in [0, 0.1) is 13.8 Å². The predicted octanol–water partition coefficient (Wildman–Crippen LogP) is 4.83. The molecule has 1 amide bonds. The first kappa shape index (κ1) is 27.5. The Labute approximate surface area is 208 Å². The molecule has 3 N–H and O–H groups in total. The molecule has 7 nitrogen and oxygen atoms in total. The third-order valence-corrected chi connectivity index (χ3v) is 7.96. The number of alkyl halides is 3. The maximum absolute atomic E-state index is 12.8. The summed E-state index contributed by atoms with van der Waals surface area (Å²) < 4.78 is 60.0. The SMILES string of the molecule is Cc1ccc(C)c(S(=O)(=O)Nc2ccc(C3(C(=O)NC4CCCC4)CC3)cc2)c1.O=C(O)C(F)(F)F. The molecular weight excluding hydrogens is 497 g/mol. The summed E-state index contributed by atoms with van der Waals surface area (Å²) in [6.07, 6.45) is 1.13. The Bertz CT molecular complexity index is 1220. The van der Waals surface area contributed by atoms with E-state index in [4.69, 9.17) is 9.90 Å². The lowest BCUT2D eigenvalue weighted by Gasteiger charge is -2.20. The number of carbonyl (C=O) groups is 2. The zero-order valence-electron chi connectivity index (χ0n) is 20.0. The molecule has 0 unspecified atom stereocenters. The van der Waals surface area contributed by atoms with Crippen LogP contribution in [0.3, 0.4) is 0 Å². The van der Waals surface area contributed by atoms with Crippen LogP contribution < -0.4 is 10.0 Å². The van der Waals surface area contributed by atoms with Crippen LogP contribution in [0.25, 0.3) is 0 Å². The van der Waals surface area contributed by atoms with Crippen LogP contribution in [-0.2, 0) is 25.0 Å². The molecule has 2 aromatic rings. The molecule has 2 saturated carbocycles. The first-order chi connectivity index (χ1) is 16.7. The maximum atomic E-state index is 12.8. The number of carbonyl (C=O) groups excluding carboxylic acids is 1. The monoisotopic (exact) mass is 526 g/mol. The average Bonchev–Trinajstić information content (AvgIpc) is 3.45. The van der Waals surface area contributed by atoms with Crippen LogP contribution in [0.15, 0.2) is 47.4 Å². The number of benzene rings is 2. The Kier molecular flexibility index (Phi) is 8.02. The summed E-state index contributed by atoms with van der Waals surface area (Å²) in [5, 5.41) is 10.3. The zero-order valence-corrected chi connectivity index (χ0v) is 20.8. The van der Waals surface area contributed by atoms with Crippen molar-refractivity contribution in [3.63, 3.8) is 0 Å². The van der Waals surface area contributed by atoms with E-state index in [9.17, 15) is 26.4 Å². The molecule has 2 fully saturated rings. The highest BCUT2D eigenvalue weighted by Gasteiger charge is 2.51. The van der Waals surface area contributed by atoms with Gasteiger partial charge in [-0.1, -0.05) is 37.1 Å². The molecule has 196 valence electrons. The van der Waals surface area contributed by atoms with Crippen LogP contribution in [0.4, 0.5) is 18.9 Å². The third kappa shape index (κ3) is 6.57. The van der Waals surface area contributed by atoms with Crippen molar-refractivity contribution in [3.05, 3.63) is 59.2 Å². The standard InChI is InChI=1S/C23H28N2O3S.C2HF3O2/c1-16-7-8-17(2)21(15-16)29(27,28)25-20-11-9-18(10-12-20)23(13-14-23)22(26)24-19-5-3-4-6-19;3-2(4,5)1(6)7/h7-12,15,19,25H,3-6,13-14H2,1-2H3,(H,24,26);(H,6,7). The molecule has 0 saturated heterocycles. The van der Waals surface area contributed by atoms with Gasteiger partial charge in [-0.05, 0) is 74.4 Å². The smallest absolute Gasteiger partial charge is 0.475 e. The van der Waals surface area contributed by atoms with Gasteiger partial charge in [0.2, 0.25) is 5.91 Å². The van der Waals surface area contributed by atoms with Crippen LogP contribution in [0.2, 0.25) is 0 Å². The maximum Gasteiger partial charge on any atom is 0.490 e. The normalized spacial score (nSPS) is 17.0. The second kappa shape index (κ2) is 10.5. The highest BCUT2D eigenvalue weighted by Crippen LogP contribution is 2.49.